The van der Waals surface area contributed by atoms with Crippen LogP contribution in [0, 0.1) is 0 Å². The van der Waals surface area contributed by atoms with Crippen LogP contribution in [0.2, 0.25) is 0 Å². The second kappa shape index (κ2) is 8.45. The number of carbonyl (C=O) groups is 1. The highest BCUT2D eigenvalue weighted by Gasteiger charge is 2.21. The number of hydrogen-bond acceptors (Lipinski definition) is 3. The lowest BCUT2D eigenvalue weighted by atomic mass is 9.96. The van der Waals surface area contributed by atoms with Crippen molar-refractivity contribution in [1.82, 2.24) is 10.0 Å². The van der Waals surface area contributed by atoms with Gasteiger partial charge in [-0.15, -0.1) is 0 Å². The smallest absolute Gasteiger partial charge is 0.240 e. The summed E-state index contributed by atoms with van der Waals surface area (Å²) in [6.07, 6.45) is 6.24. The van der Waals surface area contributed by atoms with Crippen molar-refractivity contribution in [1.29, 1.82) is 0 Å². The Labute approximate surface area is 138 Å². The van der Waals surface area contributed by atoms with Gasteiger partial charge in [0.15, 0.2) is 0 Å². The van der Waals surface area contributed by atoms with Crippen molar-refractivity contribution in [2.45, 2.75) is 62.8 Å². The predicted molar refractivity (Wildman–Crippen MR) is 90.6 cm³/mol. The molecule has 1 amide bonds. The van der Waals surface area contributed by atoms with E-state index in [1.807, 2.05) is 6.92 Å². The van der Waals surface area contributed by atoms with Crippen LogP contribution in [-0.2, 0) is 21.2 Å². The van der Waals surface area contributed by atoms with Crippen molar-refractivity contribution in [3.8, 4) is 0 Å². The van der Waals surface area contributed by atoms with Crippen LogP contribution >= 0.6 is 0 Å². The number of sulfonamides is 1. The molecule has 1 aliphatic carbocycles. The third kappa shape index (κ3) is 5.62. The van der Waals surface area contributed by atoms with Crippen molar-refractivity contribution in [2.75, 3.05) is 6.54 Å². The van der Waals surface area contributed by atoms with E-state index in [4.69, 9.17) is 0 Å². The van der Waals surface area contributed by atoms with Crippen LogP contribution in [0.3, 0.4) is 0 Å². The zero-order valence-electron chi connectivity index (χ0n) is 13.7. The van der Waals surface area contributed by atoms with Gasteiger partial charge in [0.1, 0.15) is 0 Å². The molecular weight excluding hydrogens is 312 g/mol. The Bertz CT molecular complexity index is 605. The van der Waals surface area contributed by atoms with Gasteiger partial charge >= 0.3 is 0 Å². The SMILES string of the molecule is CCNC(=O)CCc1ccc(S(=O)(=O)NC2CCCCC2)cc1. The van der Waals surface area contributed by atoms with Crippen LogP contribution in [0.5, 0.6) is 0 Å². The summed E-state index contributed by atoms with van der Waals surface area (Å²) < 4.78 is 27.6. The average Bonchev–Trinajstić information content (AvgIpc) is 2.54. The van der Waals surface area contributed by atoms with E-state index in [1.165, 1.54) is 6.42 Å². The van der Waals surface area contributed by atoms with Crippen molar-refractivity contribution in [3.05, 3.63) is 29.8 Å². The lowest BCUT2D eigenvalue weighted by molar-refractivity contribution is -0.120. The maximum Gasteiger partial charge on any atom is 0.240 e. The van der Waals surface area contributed by atoms with E-state index < -0.39 is 10.0 Å². The zero-order valence-corrected chi connectivity index (χ0v) is 14.5. The molecule has 0 aromatic heterocycles. The molecule has 128 valence electrons. The largest absolute Gasteiger partial charge is 0.356 e. The molecule has 1 aromatic rings. The Kier molecular flexibility index (Phi) is 6.59. The fraction of sp³-hybridized carbons (Fsp3) is 0.588. The Morgan fingerprint density at radius 2 is 1.78 bits per heavy atom. The minimum absolute atomic E-state index is 0.0168. The van der Waals surface area contributed by atoms with Gasteiger partial charge in [0, 0.05) is 19.0 Å². The molecule has 0 heterocycles. The highest BCUT2D eigenvalue weighted by molar-refractivity contribution is 7.89. The second-order valence-electron chi connectivity index (χ2n) is 6.05. The fourth-order valence-corrected chi connectivity index (χ4v) is 4.19. The first-order chi connectivity index (χ1) is 11.0. The van der Waals surface area contributed by atoms with Gasteiger partial charge in [0.25, 0.3) is 0 Å². The van der Waals surface area contributed by atoms with Crippen LogP contribution in [0.15, 0.2) is 29.2 Å². The van der Waals surface area contributed by atoms with E-state index >= 15 is 0 Å². The Hall–Kier alpha value is -1.40. The molecular formula is C17H26N2O3S. The lowest BCUT2D eigenvalue weighted by Gasteiger charge is -2.22. The van der Waals surface area contributed by atoms with Gasteiger partial charge in [-0.2, -0.15) is 0 Å². The molecule has 0 atom stereocenters. The van der Waals surface area contributed by atoms with Crippen molar-refractivity contribution < 1.29 is 13.2 Å². The third-order valence-corrected chi connectivity index (χ3v) is 5.71. The van der Waals surface area contributed by atoms with Gasteiger partial charge in [0.2, 0.25) is 15.9 Å². The number of carbonyl (C=O) groups excluding carboxylic acids is 1. The average molecular weight is 338 g/mol. The molecule has 1 saturated carbocycles. The molecule has 0 saturated heterocycles. The molecule has 0 unspecified atom stereocenters. The molecule has 2 N–H and O–H groups in total. The zero-order chi connectivity index (χ0) is 16.7. The van der Waals surface area contributed by atoms with E-state index in [0.29, 0.717) is 24.3 Å². The summed E-state index contributed by atoms with van der Waals surface area (Å²) in [6.45, 7) is 2.51. The molecule has 2 rings (SSSR count). The molecule has 6 heteroatoms. The standard InChI is InChI=1S/C17H26N2O3S/c1-2-18-17(20)13-10-14-8-11-16(12-9-14)23(21,22)19-15-6-4-3-5-7-15/h8-9,11-12,15,19H,2-7,10,13H2,1H3,(H,18,20). The molecule has 1 aromatic carbocycles. The summed E-state index contributed by atoms with van der Waals surface area (Å²) in [4.78, 5) is 11.7. The number of aryl methyl sites for hydroxylation is 1. The quantitative estimate of drug-likeness (QED) is 0.801. The minimum Gasteiger partial charge on any atom is -0.356 e. The number of nitrogens with one attached hydrogen (secondary N) is 2. The Morgan fingerprint density at radius 3 is 2.39 bits per heavy atom. The first-order valence-electron chi connectivity index (χ1n) is 8.39. The summed E-state index contributed by atoms with van der Waals surface area (Å²) >= 11 is 0. The summed E-state index contributed by atoms with van der Waals surface area (Å²) in [5.74, 6) is 0.0168. The van der Waals surface area contributed by atoms with E-state index in [0.717, 1.165) is 31.2 Å². The Balaban J connectivity index is 1.93. The van der Waals surface area contributed by atoms with Crippen LogP contribution < -0.4 is 10.0 Å². The van der Waals surface area contributed by atoms with Crippen molar-refractivity contribution in [2.24, 2.45) is 0 Å². The van der Waals surface area contributed by atoms with Gasteiger partial charge in [-0.25, -0.2) is 13.1 Å². The topological polar surface area (TPSA) is 75.3 Å². The minimum atomic E-state index is -3.45. The maximum atomic E-state index is 12.4. The number of amides is 1. The van der Waals surface area contributed by atoms with Gasteiger partial charge in [-0.05, 0) is 43.9 Å². The Morgan fingerprint density at radius 1 is 1.13 bits per heavy atom. The summed E-state index contributed by atoms with van der Waals surface area (Å²) in [5.41, 5.74) is 0.966. The number of rotatable bonds is 7. The summed E-state index contributed by atoms with van der Waals surface area (Å²) in [5, 5.41) is 2.75. The normalized spacial score (nSPS) is 16.2. The molecule has 0 radical (unpaired) electrons. The predicted octanol–water partition coefficient (Wildman–Crippen LogP) is 2.37. The molecule has 5 nitrogen and oxygen atoms in total. The molecule has 23 heavy (non-hydrogen) atoms. The lowest BCUT2D eigenvalue weighted by Crippen LogP contribution is -2.36. The van der Waals surface area contributed by atoms with Gasteiger partial charge in [0.05, 0.1) is 4.90 Å². The summed E-state index contributed by atoms with van der Waals surface area (Å²) in [6, 6.07) is 6.88. The summed E-state index contributed by atoms with van der Waals surface area (Å²) in [7, 11) is -3.45. The van der Waals surface area contributed by atoms with E-state index in [-0.39, 0.29) is 11.9 Å². The maximum absolute atomic E-state index is 12.4. The first kappa shape index (κ1) is 17.9. The van der Waals surface area contributed by atoms with Gasteiger partial charge < -0.3 is 5.32 Å². The van der Waals surface area contributed by atoms with Crippen LogP contribution in [0.4, 0.5) is 0 Å². The number of benzene rings is 1. The van der Waals surface area contributed by atoms with Gasteiger partial charge in [-0.3, -0.25) is 4.79 Å². The first-order valence-corrected chi connectivity index (χ1v) is 9.87. The van der Waals surface area contributed by atoms with Crippen LogP contribution in [0.25, 0.3) is 0 Å². The van der Waals surface area contributed by atoms with Crippen molar-refractivity contribution >= 4 is 15.9 Å². The van der Waals surface area contributed by atoms with Gasteiger partial charge in [-0.1, -0.05) is 31.4 Å². The fourth-order valence-electron chi connectivity index (χ4n) is 2.89. The highest BCUT2D eigenvalue weighted by atomic mass is 32.2. The van der Waals surface area contributed by atoms with Crippen LogP contribution in [-0.4, -0.2) is 26.9 Å². The molecule has 0 aliphatic heterocycles. The van der Waals surface area contributed by atoms with E-state index in [2.05, 4.69) is 10.0 Å². The molecule has 1 fully saturated rings. The van der Waals surface area contributed by atoms with E-state index in [9.17, 15) is 13.2 Å². The molecule has 0 spiro atoms. The van der Waals surface area contributed by atoms with Crippen molar-refractivity contribution in [3.63, 3.8) is 0 Å². The second-order valence-corrected chi connectivity index (χ2v) is 7.77. The van der Waals surface area contributed by atoms with Crippen LogP contribution in [0.1, 0.15) is 51.0 Å². The monoisotopic (exact) mass is 338 g/mol. The van der Waals surface area contributed by atoms with E-state index in [1.54, 1.807) is 24.3 Å². The number of hydrogen-bond donors (Lipinski definition) is 2. The molecule has 1 aliphatic rings. The highest BCUT2D eigenvalue weighted by Crippen LogP contribution is 2.20. The molecule has 0 bridgehead atoms. The third-order valence-electron chi connectivity index (χ3n) is 4.18.